The number of pyridine rings is 1. The number of hydrogen-bond acceptors (Lipinski definition) is 3. The summed E-state index contributed by atoms with van der Waals surface area (Å²) in [7, 11) is 1.49. The van der Waals surface area contributed by atoms with Crippen LogP contribution in [-0.4, -0.2) is 23.6 Å². The second-order valence-electron chi connectivity index (χ2n) is 3.54. The van der Waals surface area contributed by atoms with Crippen LogP contribution in [0.15, 0.2) is 18.3 Å². The molecule has 0 atom stereocenters. The van der Waals surface area contributed by atoms with Gasteiger partial charge >= 0.3 is 0 Å². The van der Waals surface area contributed by atoms with Crippen molar-refractivity contribution in [2.24, 2.45) is 0 Å². The van der Waals surface area contributed by atoms with Crippen LogP contribution < -0.4 is 5.32 Å². The zero-order valence-electron chi connectivity index (χ0n) is 8.87. The topological polar surface area (TPSA) is 51.2 Å². The smallest absolute Gasteiger partial charge is 0.256 e. The fourth-order valence-electron chi connectivity index (χ4n) is 0.824. The number of nitrogens with one attached hydrogen (secondary N) is 1. The summed E-state index contributed by atoms with van der Waals surface area (Å²) in [5.41, 5.74) is -0.269. The summed E-state index contributed by atoms with van der Waals surface area (Å²) in [6, 6.07) is 3.29. The van der Waals surface area contributed by atoms with E-state index >= 15 is 0 Å². The molecule has 15 heavy (non-hydrogen) atoms. The maximum Gasteiger partial charge on any atom is 0.256 e. The van der Waals surface area contributed by atoms with E-state index in [1.165, 1.54) is 13.3 Å². The Balaban J connectivity index is 2.71. The van der Waals surface area contributed by atoms with E-state index in [2.05, 4.69) is 10.3 Å². The third-order valence-electron chi connectivity index (χ3n) is 2.04. The van der Waals surface area contributed by atoms with Gasteiger partial charge in [-0.25, -0.2) is 4.98 Å². The Labute approximate surface area is 93.6 Å². The van der Waals surface area contributed by atoms with E-state index < -0.39 is 5.60 Å². The summed E-state index contributed by atoms with van der Waals surface area (Å²) < 4.78 is 5.04. The molecular weight excluding hydrogens is 216 g/mol. The second-order valence-corrected chi connectivity index (χ2v) is 3.93. The molecule has 0 spiro atoms. The van der Waals surface area contributed by atoms with E-state index in [1.807, 2.05) is 0 Å². The highest BCUT2D eigenvalue weighted by Crippen LogP contribution is 2.14. The number of amides is 1. The summed E-state index contributed by atoms with van der Waals surface area (Å²) in [5, 5.41) is 3.06. The van der Waals surface area contributed by atoms with Crippen LogP contribution >= 0.6 is 11.6 Å². The first kappa shape index (κ1) is 11.9. The molecule has 0 aliphatic heterocycles. The Kier molecular flexibility index (Phi) is 3.66. The standard InChI is InChI=1S/C10H13ClN2O2/c1-10(2,15-3)9(14)13-7-4-5-8(11)12-6-7/h4-6H,1-3H3,(H,13,14). The molecule has 0 saturated heterocycles. The molecule has 4 nitrogen and oxygen atoms in total. The highest BCUT2D eigenvalue weighted by Gasteiger charge is 2.26. The molecule has 0 bridgehead atoms. The van der Waals surface area contributed by atoms with E-state index in [9.17, 15) is 4.79 Å². The number of halogens is 1. The van der Waals surface area contributed by atoms with Crippen molar-refractivity contribution >= 4 is 23.2 Å². The van der Waals surface area contributed by atoms with Crippen molar-refractivity contribution in [3.8, 4) is 0 Å². The van der Waals surface area contributed by atoms with E-state index in [0.717, 1.165) is 0 Å². The fourth-order valence-corrected chi connectivity index (χ4v) is 0.936. The molecule has 82 valence electrons. The molecule has 0 aliphatic carbocycles. The first-order valence-corrected chi connectivity index (χ1v) is 4.81. The second kappa shape index (κ2) is 4.59. The molecule has 1 heterocycles. The lowest BCUT2D eigenvalue weighted by atomic mass is 10.1. The van der Waals surface area contributed by atoms with Crippen molar-refractivity contribution < 1.29 is 9.53 Å². The maximum atomic E-state index is 11.7. The Morgan fingerprint density at radius 3 is 2.67 bits per heavy atom. The minimum absolute atomic E-state index is 0.228. The van der Waals surface area contributed by atoms with Gasteiger partial charge in [0.25, 0.3) is 5.91 Å². The van der Waals surface area contributed by atoms with Crippen LogP contribution in [0.2, 0.25) is 5.15 Å². The monoisotopic (exact) mass is 228 g/mol. The van der Waals surface area contributed by atoms with Gasteiger partial charge in [0.15, 0.2) is 0 Å². The normalized spacial score (nSPS) is 11.2. The van der Waals surface area contributed by atoms with E-state index in [1.54, 1.807) is 26.0 Å². The molecule has 1 amide bonds. The lowest BCUT2D eigenvalue weighted by Gasteiger charge is -2.21. The molecule has 0 aromatic carbocycles. The van der Waals surface area contributed by atoms with Gasteiger partial charge < -0.3 is 10.1 Å². The van der Waals surface area contributed by atoms with Crippen molar-refractivity contribution in [2.45, 2.75) is 19.4 Å². The van der Waals surface area contributed by atoms with Gasteiger partial charge in [0.2, 0.25) is 0 Å². The molecule has 1 aromatic rings. The van der Waals surface area contributed by atoms with E-state index in [4.69, 9.17) is 16.3 Å². The summed E-state index contributed by atoms with van der Waals surface area (Å²) in [6.07, 6.45) is 1.49. The van der Waals surface area contributed by atoms with Crippen molar-refractivity contribution in [3.05, 3.63) is 23.5 Å². The van der Waals surface area contributed by atoms with Crippen LogP contribution in [0.5, 0.6) is 0 Å². The average molecular weight is 229 g/mol. The fraction of sp³-hybridized carbons (Fsp3) is 0.400. The first-order chi connectivity index (χ1) is 6.95. The summed E-state index contributed by atoms with van der Waals surface area (Å²) in [5.74, 6) is -0.228. The largest absolute Gasteiger partial charge is 0.369 e. The average Bonchev–Trinajstić information content (AvgIpc) is 2.21. The van der Waals surface area contributed by atoms with Gasteiger partial charge in [-0.05, 0) is 26.0 Å². The number of hydrogen-bond donors (Lipinski definition) is 1. The number of nitrogens with zero attached hydrogens (tertiary/aromatic N) is 1. The Morgan fingerprint density at radius 1 is 1.53 bits per heavy atom. The maximum absolute atomic E-state index is 11.7. The SMILES string of the molecule is COC(C)(C)C(=O)Nc1ccc(Cl)nc1. The van der Waals surface area contributed by atoms with Crippen LogP contribution in [0.1, 0.15) is 13.8 Å². The minimum Gasteiger partial charge on any atom is -0.369 e. The quantitative estimate of drug-likeness (QED) is 0.807. The van der Waals surface area contributed by atoms with Crippen LogP contribution in [0.4, 0.5) is 5.69 Å². The van der Waals surface area contributed by atoms with Crippen LogP contribution in [0.3, 0.4) is 0 Å². The minimum atomic E-state index is -0.861. The molecule has 0 radical (unpaired) electrons. The lowest BCUT2D eigenvalue weighted by molar-refractivity contribution is -0.133. The van der Waals surface area contributed by atoms with Gasteiger partial charge in [-0.2, -0.15) is 0 Å². The number of ether oxygens (including phenoxy) is 1. The van der Waals surface area contributed by atoms with Gasteiger partial charge in [-0.3, -0.25) is 4.79 Å². The van der Waals surface area contributed by atoms with Crippen molar-refractivity contribution in [2.75, 3.05) is 12.4 Å². The molecule has 1 rings (SSSR count). The van der Waals surface area contributed by atoms with Crippen molar-refractivity contribution in [1.82, 2.24) is 4.98 Å². The van der Waals surface area contributed by atoms with Gasteiger partial charge in [-0.1, -0.05) is 11.6 Å². The Bertz CT molecular complexity index is 349. The molecular formula is C10H13ClN2O2. The molecule has 1 aromatic heterocycles. The third-order valence-corrected chi connectivity index (χ3v) is 2.27. The predicted octanol–water partition coefficient (Wildman–Crippen LogP) is 2.10. The zero-order chi connectivity index (χ0) is 11.5. The number of carbonyl (C=O) groups is 1. The molecule has 0 saturated carbocycles. The van der Waals surface area contributed by atoms with E-state index in [-0.39, 0.29) is 5.91 Å². The van der Waals surface area contributed by atoms with Crippen LogP contribution in [-0.2, 0) is 9.53 Å². The van der Waals surface area contributed by atoms with E-state index in [0.29, 0.717) is 10.8 Å². The summed E-state index contributed by atoms with van der Waals surface area (Å²) in [4.78, 5) is 15.5. The first-order valence-electron chi connectivity index (χ1n) is 4.44. The highest BCUT2D eigenvalue weighted by molar-refractivity contribution is 6.29. The lowest BCUT2D eigenvalue weighted by Crippen LogP contribution is -2.38. The number of aromatic nitrogens is 1. The third kappa shape index (κ3) is 3.18. The number of anilines is 1. The zero-order valence-corrected chi connectivity index (χ0v) is 9.63. The Hall–Kier alpha value is -1.13. The van der Waals surface area contributed by atoms with Crippen molar-refractivity contribution in [1.29, 1.82) is 0 Å². The van der Waals surface area contributed by atoms with Crippen molar-refractivity contribution in [3.63, 3.8) is 0 Å². The molecule has 1 N–H and O–H groups in total. The van der Waals surface area contributed by atoms with Crippen LogP contribution in [0, 0.1) is 0 Å². The van der Waals surface area contributed by atoms with Gasteiger partial charge in [0.1, 0.15) is 10.8 Å². The molecule has 0 unspecified atom stereocenters. The van der Waals surface area contributed by atoms with Gasteiger partial charge in [-0.15, -0.1) is 0 Å². The summed E-state index contributed by atoms with van der Waals surface area (Å²) in [6.45, 7) is 3.37. The number of methoxy groups -OCH3 is 1. The highest BCUT2D eigenvalue weighted by atomic mass is 35.5. The Morgan fingerprint density at radius 2 is 2.20 bits per heavy atom. The number of carbonyl (C=O) groups excluding carboxylic acids is 1. The molecule has 5 heteroatoms. The molecule has 0 fully saturated rings. The molecule has 0 aliphatic rings. The number of rotatable bonds is 3. The van der Waals surface area contributed by atoms with Gasteiger partial charge in [0.05, 0.1) is 11.9 Å². The van der Waals surface area contributed by atoms with Crippen LogP contribution in [0.25, 0.3) is 0 Å². The predicted molar refractivity (Wildman–Crippen MR) is 59.0 cm³/mol. The summed E-state index contributed by atoms with van der Waals surface area (Å²) >= 11 is 5.62. The van der Waals surface area contributed by atoms with Gasteiger partial charge in [0, 0.05) is 7.11 Å².